The third-order valence-electron chi connectivity index (χ3n) is 2.53. The average molecular weight is 322 g/mol. The molecule has 0 spiro atoms. The predicted molar refractivity (Wildman–Crippen MR) is 76.8 cm³/mol. The molecule has 0 aliphatic rings. The largest absolute Gasteiger partial charge is 0.507 e. The lowest BCUT2D eigenvalue weighted by atomic mass is 10.1. The van der Waals surface area contributed by atoms with Gasteiger partial charge in [0, 0.05) is 16.2 Å². The minimum atomic E-state index is -0.377. The number of halogens is 1. The molecule has 0 saturated carbocycles. The fourth-order valence-electron chi connectivity index (χ4n) is 1.60. The normalized spacial score (nSPS) is 10.0. The van der Waals surface area contributed by atoms with E-state index in [1.165, 1.54) is 19.2 Å². The number of aromatic hydroxyl groups is 1. The molecule has 2 aromatic carbocycles. The summed E-state index contributed by atoms with van der Waals surface area (Å²) >= 11 is 3.32. The van der Waals surface area contributed by atoms with Crippen LogP contribution in [0.1, 0.15) is 10.4 Å². The van der Waals surface area contributed by atoms with Gasteiger partial charge in [0.1, 0.15) is 11.5 Å². The average Bonchev–Trinajstić information content (AvgIpc) is 2.38. The number of phenols is 1. The maximum Gasteiger partial charge on any atom is 0.259 e. The molecule has 0 heterocycles. The molecule has 0 fully saturated rings. The molecule has 0 aliphatic heterocycles. The lowest BCUT2D eigenvalue weighted by Crippen LogP contribution is -2.12. The van der Waals surface area contributed by atoms with Crippen molar-refractivity contribution in [1.29, 1.82) is 0 Å². The van der Waals surface area contributed by atoms with Crippen LogP contribution in [0.3, 0.4) is 0 Å². The number of benzene rings is 2. The molecule has 0 bridgehead atoms. The number of phenolic OH excluding ortho intramolecular Hbond substituents is 1. The van der Waals surface area contributed by atoms with E-state index in [0.29, 0.717) is 11.4 Å². The Balaban J connectivity index is 2.20. The molecule has 0 aliphatic carbocycles. The van der Waals surface area contributed by atoms with Crippen LogP contribution in [-0.2, 0) is 0 Å². The van der Waals surface area contributed by atoms with Crippen LogP contribution in [0.15, 0.2) is 46.9 Å². The Labute approximate surface area is 119 Å². The Kier molecular flexibility index (Phi) is 4.06. The number of ether oxygens (including phenoxy) is 1. The Morgan fingerprint density at radius 2 is 2.05 bits per heavy atom. The Bertz CT molecular complexity index is 613. The first-order chi connectivity index (χ1) is 9.10. The van der Waals surface area contributed by atoms with Gasteiger partial charge in [-0.05, 0) is 30.3 Å². The van der Waals surface area contributed by atoms with E-state index in [0.717, 1.165) is 4.47 Å². The van der Waals surface area contributed by atoms with Crippen molar-refractivity contribution in [3.05, 3.63) is 52.5 Å². The second-order valence-corrected chi connectivity index (χ2v) is 4.76. The summed E-state index contributed by atoms with van der Waals surface area (Å²) in [5.74, 6) is 0.00149. The Hall–Kier alpha value is -2.01. The molecular weight excluding hydrogens is 310 g/mol. The van der Waals surface area contributed by atoms with Gasteiger partial charge in [-0.25, -0.2) is 0 Å². The summed E-state index contributed by atoms with van der Waals surface area (Å²) in [7, 11) is 1.50. The molecule has 5 heteroatoms. The molecule has 98 valence electrons. The highest BCUT2D eigenvalue weighted by Crippen LogP contribution is 2.24. The molecule has 0 atom stereocenters. The van der Waals surface area contributed by atoms with Gasteiger partial charge in [-0.3, -0.25) is 4.79 Å². The zero-order chi connectivity index (χ0) is 13.8. The van der Waals surface area contributed by atoms with Gasteiger partial charge in [0.2, 0.25) is 0 Å². The molecule has 4 nitrogen and oxygen atoms in total. The van der Waals surface area contributed by atoms with E-state index in [1.54, 1.807) is 18.2 Å². The summed E-state index contributed by atoms with van der Waals surface area (Å²) in [6.07, 6.45) is 0. The lowest BCUT2D eigenvalue weighted by molar-refractivity contribution is 0.102. The number of rotatable bonds is 3. The molecule has 2 rings (SSSR count). The fourth-order valence-corrected chi connectivity index (χ4v) is 1.99. The van der Waals surface area contributed by atoms with Crippen molar-refractivity contribution in [3.63, 3.8) is 0 Å². The summed E-state index contributed by atoms with van der Waals surface area (Å²) < 4.78 is 5.83. The summed E-state index contributed by atoms with van der Waals surface area (Å²) in [6, 6.07) is 11.8. The van der Waals surface area contributed by atoms with Crippen LogP contribution in [0.5, 0.6) is 11.5 Å². The number of carbonyl (C=O) groups is 1. The first-order valence-corrected chi connectivity index (χ1v) is 6.33. The number of anilines is 1. The van der Waals surface area contributed by atoms with Crippen molar-refractivity contribution in [1.82, 2.24) is 0 Å². The summed E-state index contributed by atoms with van der Waals surface area (Å²) in [4.78, 5) is 12.0. The van der Waals surface area contributed by atoms with Crippen molar-refractivity contribution in [3.8, 4) is 11.5 Å². The molecule has 19 heavy (non-hydrogen) atoms. The maximum atomic E-state index is 12.0. The zero-order valence-electron chi connectivity index (χ0n) is 10.2. The van der Waals surface area contributed by atoms with Crippen molar-refractivity contribution in [2.75, 3.05) is 12.4 Å². The van der Waals surface area contributed by atoms with Crippen LogP contribution in [0.4, 0.5) is 5.69 Å². The maximum absolute atomic E-state index is 12.0. The van der Waals surface area contributed by atoms with E-state index in [4.69, 9.17) is 4.74 Å². The van der Waals surface area contributed by atoms with E-state index < -0.39 is 0 Å². The summed E-state index contributed by atoms with van der Waals surface area (Å²) in [5, 5.41) is 12.5. The molecular formula is C14H12BrNO3. The quantitative estimate of drug-likeness (QED) is 0.910. The second kappa shape index (κ2) is 5.75. The van der Waals surface area contributed by atoms with Crippen LogP contribution >= 0.6 is 15.9 Å². The van der Waals surface area contributed by atoms with Crippen molar-refractivity contribution < 1.29 is 14.6 Å². The van der Waals surface area contributed by atoms with Crippen LogP contribution < -0.4 is 10.1 Å². The Morgan fingerprint density at radius 1 is 1.26 bits per heavy atom. The van der Waals surface area contributed by atoms with Crippen molar-refractivity contribution >= 4 is 27.5 Å². The second-order valence-electron chi connectivity index (χ2n) is 3.85. The minimum absolute atomic E-state index is 0.119. The SMILES string of the molecule is COc1ccc(C(=O)Nc2cccc(Br)c2)c(O)c1. The van der Waals surface area contributed by atoms with Crippen LogP contribution in [0.2, 0.25) is 0 Å². The number of amides is 1. The van der Waals surface area contributed by atoms with Gasteiger partial charge in [0.25, 0.3) is 5.91 Å². The standard InChI is InChI=1S/C14H12BrNO3/c1-19-11-5-6-12(13(17)8-11)14(18)16-10-4-2-3-9(15)7-10/h2-8,17H,1H3,(H,16,18). The molecule has 0 aromatic heterocycles. The van der Waals surface area contributed by atoms with Crippen molar-refractivity contribution in [2.45, 2.75) is 0 Å². The monoisotopic (exact) mass is 321 g/mol. The van der Waals surface area contributed by atoms with Gasteiger partial charge in [-0.2, -0.15) is 0 Å². The number of methoxy groups -OCH3 is 1. The first kappa shape index (κ1) is 13.4. The number of hydrogen-bond acceptors (Lipinski definition) is 3. The minimum Gasteiger partial charge on any atom is -0.507 e. The number of hydrogen-bond donors (Lipinski definition) is 2. The highest BCUT2D eigenvalue weighted by molar-refractivity contribution is 9.10. The molecule has 2 N–H and O–H groups in total. The van der Waals surface area contributed by atoms with Gasteiger partial charge < -0.3 is 15.2 Å². The molecule has 0 saturated heterocycles. The van der Waals surface area contributed by atoms with Gasteiger partial charge in [0.05, 0.1) is 12.7 Å². The van der Waals surface area contributed by atoms with Crippen LogP contribution in [0.25, 0.3) is 0 Å². The van der Waals surface area contributed by atoms with Gasteiger partial charge in [-0.1, -0.05) is 22.0 Å². The van der Waals surface area contributed by atoms with E-state index in [-0.39, 0.29) is 17.2 Å². The lowest BCUT2D eigenvalue weighted by Gasteiger charge is -2.08. The van der Waals surface area contributed by atoms with E-state index >= 15 is 0 Å². The van der Waals surface area contributed by atoms with E-state index in [2.05, 4.69) is 21.2 Å². The molecule has 2 aromatic rings. The third kappa shape index (κ3) is 3.26. The fraction of sp³-hybridized carbons (Fsp3) is 0.0714. The third-order valence-corrected chi connectivity index (χ3v) is 3.03. The number of carbonyl (C=O) groups excluding carboxylic acids is 1. The smallest absolute Gasteiger partial charge is 0.259 e. The Morgan fingerprint density at radius 3 is 2.68 bits per heavy atom. The molecule has 1 amide bonds. The highest BCUT2D eigenvalue weighted by atomic mass is 79.9. The van der Waals surface area contributed by atoms with Gasteiger partial charge >= 0.3 is 0 Å². The zero-order valence-corrected chi connectivity index (χ0v) is 11.8. The van der Waals surface area contributed by atoms with Gasteiger partial charge in [-0.15, -0.1) is 0 Å². The predicted octanol–water partition coefficient (Wildman–Crippen LogP) is 3.42. The van der Waals surface area contributed by atoms with Crippen LogP contribution in [-0.4, -0.2) is 18.1 Å². The summed E-state index contributed by atoms with van der Waals surface area (Å²) in [5.41, 5.74) is 0.843. The van der Waals surface area contributed by atoms with E-state index in [1.807, 2.05) is 12.1 Å². The molecule has 0 radical (unpaired) electrons. The van der Waals surface area contributed by atoms with Crippen LogP contribution in [0, 0.1) is 0 Å². The molecule has 0 unspecified atom stereocenters. The van der Waals surface area contributed by atoms with E-state index in [9.17, 15) is 9.90 Å². The topological polar surface area (TPSA) is 58.6 Å². The highest BCUT2D eigenvalue weighted by Gasteiger charge is 2.12. The van der Waals surface area contributed by atoms with Crippen molar-refractivity contribution in [2.24, 2.45) is 0 Å². The first-order valence-electron chi connectivity index (χ1n) is 5.54. The summed E-state index contributed by atoms with van der Waals surface area (Å²) in [6.45, 7) is 0. The number of nitrogens with one attached hydrogen (secondary N) is 1. The van der Waals surface area contributed by atoms with Gasteiger partial charge in [0.15, 0.2) is 0 Å².